The van der Waals surface area contributed by atoms with E-state index in [4.69, 9.17) is 0 Å². The summed E-state index contributed by atoms with van der Waals surface area (Å²) in [5, 5.41) is 3.52. The maximum Gasteiger partial charge on any atom is 0.132 e. The summed E-state index contributed by atoms with van der Waals surface area (Å²) in [6.07, 6.45) is 7.81. The van der Waals surface area contributed by atoms with Gasteiger partial charge in [-0.15, -0.1) is 0 Å². The molecule has 4 heteroatoms. The van der Waals surface area contributed by atoms with Crippen molar-refractivity contribution in [3.05, 3.63) is 17.6 Å². The molecule has 1 aromatic rings. The number of hydrogen-bond donors (Lipinski definition) is 1. The predicted molar refractivity (Wildman–Crippen MR) is 68.2 cm³/mol. The van der Waals surface area contributed by atoms with Gasteiger partial charge in [0.05, 0.1) is 0 Å². The van der Waals surface area contributed by atoms with Gasteiger partial charge in [-0.05, 0) is 45.7 Å². The van der Waals surface area contributed by atoms with Gasteiger partial charge in [-0.3, -0.25) is 0 Å². The highest BCUT2D eigenvalue weighted by Crippen LogP contribution is 2.25. The summed E-state index contributed by atoms with van der Waals surface area (Å²) >= 11 is 0. The van der Waals surface area contributed by atoms with Gasteiger partial charge in [0.2, 0.25) is 0 Å². The Labute approximate surface area is 102 Å². The van der Waals surface area contributed by atoms with E-state index >= 15 is 0 Å². The van der Waals surface area contributed by atoms with E-state index in [2.05, 4.69) is 27.2 Å². The van der Waals surface area contributed by atoms with E-state index in [1.807, 2.05) is 0 Å². The minimum atomic E-state index is 0.669. The summed E-state index contributed by atoms with van der Waals surface area (Å²) in [5.74, 6) is 1.08. The maximum absolute atomic E-state index is 4.40. The number of nitrogens with zero attached hydrogens (tertiary/aromatic N) is 3. The highest BCUT2D eigenvalue weighted by molar-refractivity contribution is 5.48. The van der Waals surface area contributed by atoms with Crippen molar-refractivity contribution in [1.29, 1.82) is 0 Å². The second kappa shape index (κ2) is 4.61. The second-order valence-electron chi connectivity index (χ2n) is 5.16. The maximum atomic E-state index is 4.40. The van der Waals surface area contributed by atoms with Crippen LogP contribution in [0.25, 0.3) is 0 Å². The average Bonchev–Trinajstić information content (AvgIpc) is 2.95. The highest BCUT2D eigenvalue weighted by atomic mass is 15.2. The molecular weight excluding hydrogens is 212 g/mol. The van der Waals surface area contributed by atoms with Crippen molar-refractivity contribution in [3.63, 3.8) is 0 Å². The van der Waals surface area contributed by atoms with Crippen LogP contribution in [0.3, 0.4) is 0 Å². The zero-order valence-corrected chi connectivity index (χ0v) is 10.4. The molecule has 2 aliphatic rings. The first-order chi connectivity index (χ1) is 8.34. The Morgan fingerprint density at radius 3 is 3.12 bits per heavy atom. The normalized spacial score (nSPS) is 23.9. The monoisotopic (exact) mass is 232 g/mol. The van der Waals surface area contributed by atoms with E-state index in [0.29, 0.717) is 6.04 Å². The van der Waals surface area contributed by atoms with Crippen molar-refractivity contribution < 1.29 is 0 Å². The first-order valence-corrected chi connectivity index (χ1v) is 6.61. The fourth-order valence-corrected chi connectivity index (χ4v) is 2.96. The van der Waals surface area contributed by atoms with Crippen molar-refractivity contribution in [2.75, 3.05) is 25.5 Å². The smallest absolute Gasteiger partial charge is 0.132 e. The van der Waals surface area contributed by atoms with Crippen LogP contribution < -0.4 is 5.32 Å². The fourth-order valence-electron chi connectivity index (χ4n) is 2.96. The Morgan fingerprint density at radius 1 is 1.35 bits per heavy atom. The fraction of sp³-hybridized carbons (Fsp3) is 0.692. The Bertz CT molecular complexity index is 404. The number of likely N-dealkylation sites (tertiary alicyclic amines) is 1. The lowest BCUT2D eigenvalue weighted by atomic mass is 10.2. The molecule has 1 fully saturated rings. The van der Waals surface area contributed by atoms with Crippen molar-refractivity contribution >= 4 is 5.82 Å². The van der Waals surface area contributed by atoms with Crippen molar-refractivity contribution in [2.24, 2.45) is 0 Å². The van der Waals surface area contributed by atoms with Gasteiger partial charge in [-0.2, -0.15) is 0 Å². The van der Waals surface area contributed by atoms with Crippen LogP contribution in [0, 0.1) is 0 Å². The Hall–Kier alpha value is -1.16. The van der Waals surface area contributed by atoms with Crippen LogP contribution in [0.15, 0.2) is 6.33 Å². The molecule has 0 spiro atoms. The molecular formula is C13H20N4. The van der Waals surface area contributed by atoms with Gasteiger partial charge in [0.25, 0.3) is 0 Å². The van der Waals surface area contributed by atoms with E-state index in [1.165, 1.54) is 37.1 Å². The Kier molecular flexibility index (Phi) is 2.97. The first kappa shape index (κ1) is 11.0. The molecule has 1 atom stereocenters. The number of aryl methyl sites for hydroxylation is 1. The molecule has 1 aromatic heterocycles. The Morgan fingerprint density at radius 2 is 2.29 bits per heavy atom. The molecule has 1 N–H and O–H groups in total. The van der Waals surface area contributed by atoms with Gasteiger partial charge in [-0.1, -0.05) is 0 Å². The minimum absolute atomic E-state index is 0.669. The van der Waals surface area contributed by atoms with E-state index in [9.17, 15) is 0 Å². The van der Waals surface area contributed by atoms with Crippen molar-refractivity contribution in [2.45, 2.75) is 38.1 Å². The SMILES string of the molecule is CN1CCCC1CNc1ncnc2c1CCC2. The molecule has 0 amide bonds. The largest absolute Gasteiger partial charge is 0.368 e. The van der Waals surface area contributed by atoms with Crippen LogP contribution >= 0.6 is 0 Å². The van der Waals surface area contributed by atoms with E-state index < -0.39 is 0 Å². The topological polar surface area (TPSA) is 41.0 Å². The molecule has 0 saturated carbocycles. The zero-order chi connectivity index (χ0) is 11.7. The van der Waals surface area contributed by atoms with Crippen LogP contribution in [0.4, 0.5) is 5.82 Å². The average molecular weight is 232 g/mol. The number of anilines is 1. The third kappa shape index (κ3) is 2.14. The molecule has 92 valence electrons. The van der Waals surface area contributed by atoms with Crippen LogP contribution in [0.1, 0.15) is 30.5 Å². The molecule has 3 rings (SSSR count). The molecule has 1 unspecified atom stereocenters. The van der Waals surface area contributed by atoms with Crippen LogP contribution in [-0.2, 0) is 12.8 Å². The second-order valence-corrected chi connectivity index (χ2v) is 5.16. The minimum Gasteiger partial charge on any atom is -0.368 e. The summed E-state index contributed by atoms with van der Waals surface area (Å²) < 4.78 is 0. The molecule has 0 radical (unpaired) electrons. The molecule has 17 heavy (non-hydrogen) atoms. The third-order valence-electron chi connectivity index (χ3n) is 4.05. The number of likely N-dealkylation sites (N-methyl/N-ethyl adjacent to an activating group) is 1. The highest BCUT2D eigenvalue weighted by Gasteiger charge is 2.22. The molecule has 4 nitrogen and oxygen atoms in total. The van der Waals surface area contributed by atoms with Gasteiger partial charge in [0, 0.05) is 23.8 Å². The third-order valence-corrected chi connectivity index (χ3v) is 4.05. The lowest BCUT2D eigenvalue weighted by Crippen LogP contribution is -2.32. The lowest BCUT2D eigenvalue weighted by molar-refractivity contribution is 0.322. The molecule has 2 heterocycles. The van der Waals surface area contributed by atoms with Gasteiger partial charge < -0.3 is 10.2 Å². The summed E-state index contributed by atoms with van der Waals surface area (Å²) in [4.78, 5) is 11.2. The predicted octanol–water partition coefficient (Wildman–Crippen LogP) is 1.47. The molecule has 1 aliphatic carbocycles. The summed E-state index contributed by atoms with van der Waals surface area (Å²) in [6, 6.07) is 0.669. The lowest BCUT2D eigenvalue weighted by Gasteiger charge is -2.20. The van der Waals surface area contributed by atoms with Crippen LogP contribution in [-0.4, -0.2) is 41.0 Å². The summed E-state index contributed by atoms with van der Waals surface area (Å²) in [7, 11) is 2.21. The molecule has 1 saturated heterocycles. The molecule has 0 aromatic carbocycles. The van der Waals surface area contributed by atoms with Crippen LogP contribution in [0.5, 0.6) is 0 Å². The standard InChI is InChI=1S/C13H20N4/c1-17-7-3-4-10(17)8-14-13-11-5-2-6-12(11)15-9-16-13/h9-10H,2-8H2,1H3,(H,14,15,16). The Balaban J connectivity index is 1.67. The van der Waals surface area contributed by atoms with Gasteiger partial charge >= 0.3 is 0 Å². The quantitative estimate of drug-likeness (QED) is 0.857. The number of aromatic nitrogens is 2. The number of hydrogen-bond acceptors (Lipinski definition) is 4. The number of fused-ring (bicyclic) bond motifs is 1. The summed E-state index contributed by atoms with van der Waals surface area (Å²) in [5.41, 5.74) is 2.61. The van der Waals surface area contributed by atoms with E-state index in [0.717, 1.165) is 25.2 Å². The van der Waals surface area contributed by atoms with Gasteiger partial charge in [0.1, 0.15) is 12.1 Å². The molecule has 1 aliphatic heterocycles. The molecule has 0 bridgehead atoms. The van der Waals surface area contributed by atoms with Gasteiger partial charge in [-0.25, -0.2) is 9.97 Å². The first-order valence-electron chi connectivity index (χ1n) is 6.61. The van der Waals surface area contributed by atoms with Gasteiger partial charge in [0.15, 0.2) is 0 Å². The van der Waals surface area contributed by atoms with Crippen molar-refractivity contribution in [3.8, 4) is 0 Å². The van der Waals surface area contributed by atoms with Crippen LogP contribution in [0.2, 0.25) is 0 Å². The summed E-state index contributed by atoms with van der Waals surface area (Å²) in [6.45, 7) is 2.24. The van der Waals surface area contributed by atoms with Crippen molar-refractivity contribution in [1.82, 2.24) is 14.9 Å². The van der Waals surface area contributed by atoms with E-state index in [1.54, 1.807) is 6.33 Å². The van der Waals surface area contributed by atoms with E-state index in [-0.39, 0.29) is 0 Å². The zero-order valence-electron chi connectivity index (χ0n) is 10.4. The number of nitrogens with one attached hydrogen (secondary N) is 1. The number of rotatable bonds is 3.